The Balaban J connectivity index is 0.000000147. The van der Waals surface area contributed by atoms with Gasteiger partial charge in [-0.3, -0.25) is 0 Å². The molecule has 0 aromatic heterocycles. The maximum absolute atomic E-state index is 6.94. The van der Waals surface area contributed by atoms with Crippen molar-refractivity contribution in [1.29, 1.82) is 0 Å². The molecule has 2 heterocycles. The molecular weight excluding hydrogens is 376 g/mol. The zero-order chi connectivity index (χ0) is 20.8. The fraction of sp³-hybridized carbons (Fsp3) is 0.458. The van der Waals surface area contributed by atoms with Crippen molar-refractivity contribution < 1.29 is 9.47 Å². The number of ether oxygens (including phenoxy) is 2. The molecule has 1 saturated carbocycles. The van der Waals surface area contributed by atoms with Gasteiger partial charge < -0.3 is 25.0 Å². The molecule has 6 nitrogen and oxygen atoms in total. The second kappa shape index (κ2) is 9.48. The zero-order valence-electron chi connectivity index (χ0n) is 17.4. The second-order valence-corrected chi connectivity index (χ2v) is 8.04. The van der Waals surface area contributed by atoms with Gasteiger partial charge in [0, 0.05) is 43.1 Å². The van der Waals surface area contributed by atoms with E-state index in [9.17, 15) is 0 Å². The fourth-order valence-corrected chi connectivity index (χ4v) is 3.84. The standard InChI is InChI=1S/C13H18N2O.C11H12N2O/c14-13(4-5-13)11-2-1-3-12(10-11)15-6-8-16-9-7-15;1-12-10-3-2-4-11(9-10)13-5-7-14-8-6-13/h1-3,10H,4-9,14H2;2-4,9H,5-8H2. The van der Waals surface area contributed by atoms with Crippen LogP contribution >= 0.6 is 0 Å². The van der Waals surface area contributed by atoms with E-state index in [-0.39, 0.29) is 5.54 Å². The summed E-state index contributed by atoms with van der Waals surface area (Å²) in [5, 5.41) is 0. The molecule has 2 N–H and O–H groups in total. The van der Waals surface area contributed by atoms with E-state index >= 15 is 0 Å². The zero-order valence-corrected chi connectivity index (χ0v) is 17.4. The molecule has 3 fully saturated rings. The number of rotatable bonds is 3. The molecule has 0 amide bonds. The van der Waals surface area contributed by atoms with Gasteiger partial charge in [-0.25, -0.2) is 4.85 Å². The first-order valence-corrected chi connectivity index (χ1v) is 10.7. The SMILES string of the molecule is NC1(c2cccc(N3CCOCC3)c2)CC1.[C-]#[N+]c1cccc(N2CCOCC2)c1. The molecule has 0 unspecified atom stereocenters. The topological polar surface area (TPSA) is 55.3 Å². The van der Waals surface area contributed by atoms with Gasteiger partial charge in [0.25, 0.3) is 0 Å². The summed E-state index contributed by atoms with van der Waals surface area (Å²) < 4.78 is 10.6. The van der Waals surface area contributed by atoms with Crippen molar-refractivity contribution >= 4 is 17.1 Å². The number of hydrogen-bond donors (Lipinski definition) is 1. The predicted molar refractivity (Wildman–Crippen MR) is 120 cm³/mol. The number of anilines is 2. The summed E-state index contributed by atoms with van der Waals surface area (Å²) in [6.45, 7) is 14.0. The summed E-state index contributed by atoms with van der Waals surface area (Å²) in [4.78, 5) is 8.04. The summed E-state index contributed by atoms with van der Waals surface area (Å²) in [6.07, 6.45) is 2.25. The Morgan fingerprint density at radius 3 is 1.87 bits per heavy atom. The average Bonchev–Trinajstić information content (AvgIpc) is 3.59. The quantitative estimate of drug-likeness (QED) is 0.790. The lowest BCUT2D eigenvalue weighted by atomic mass is 10.0. The lowest BCUT2D eigenvalue weighted by Crippen LogP contribution is -2.36. The minimum atomic E-state index is -0.0255. The normalized spacial score (nSPS) is 20.0. The van der Waals surface area contributed by atoms with Gasteiger partial charge in [0.1, 0.15) is 0 Å². The lowest BCUT2D eigenvalue weighted by molar-refractivity contribution is 0.122. The maximum atomic E-state index is 6.94. The van der Waals surface area contributed by atoms with Crippen molar-refractivity contribution in [2.24, 2.45) is 5.73 Å². The lowest BCUT2D eigenvalue weighted by Gasteiger charge is -2.29. The van der Waals surface area contributed by atoms with Crippen LogP contribution in [0.25, 0.3) is 4.85 Å². The fourth-order valence-electron chi connectivity index (χ4n) is 3.84. The van der Waals surface area contributed by atoms with Gasteiger partial charge in [-0.1, -0.05) is 24.3 Å². The molecule has 6 heteroatoms. The van der Waals surface area contributed by atoms with Gasteiger partial charge in [-0.2, -0.15) is 0 Å². The Labute approximate surface area is 179 Å². The van der Waals surface area contributed by atoms with Crippen LogP contribution in [-0.4, -0.2) is 52.6 Å². The monoisotopic (exact) mass is 406 g/mol. The van der Waals surface area contributed by atoms with E-state index in [1.54, 1.807) is 0 Å². The van der Waals surface area contributed by atoms with Crippen molar-refractivity contribution in [2.75, 3.05) is 62.4 Å². The minimum absolute atomic E-state index is 0.0255. The number of nitrogens with zero attached hydrogens (tertiary/aromatic N) is 3. The average molecular weight is 407 g/mol. The summed E-state index contributed by atoms with van der Waals surface area (Å²) in [5.41, 5.74) is 10.6. The van der Waals surface area contributed by atoms with Crippen molar-refractivity contribution in [3.63, 3.8) is 0 Å². The Kier molecular flexibility index (Phi) is 6.53. The Morgan fingerprint density at radius 1 is 0.800 bits per heavy atom. The van der Waals surface area contributed by atoms with Crippen LogP contribution in [0.4, 0.5) is 17.1 Å². The third-order valence-corrected chi connectivity index (χ3v) is 5.92. The molecule has 158 valence electrons. The van der Waals surface area contributed by atoms with Crippen LogP contribution in [0.2, 0.25) is 0 Å². The van der Waals surface area contributed by atoms with Gasteiger partial charge in [0.05, 0.1) is 33.0 Å². The molecule has 3 aliphatic rings. The van der Waals surface area contributed by atoms with E-state index < -0.39 is 0 Å². The van der Waals surface area contributed by atoms with Crippen molar-refractivity contribution in [3.8, 4) is 0 Å². The highest BCUT2D eigenvalue weighted by atomic mass is 16.5. The van der Waals surface area contributed by atoms with Crippen molar-refractivity contribution in [3.05, 3.63) is 65.5 Å². The molecule has 0 bridgehead atoms. The van der Waals surface area contributed by atoms with Crippen LogP contribution in [0.1, 0.15) is 18.4 Å². The van der Waals surface area contributed by atoms with E-state index in [1.807, 2.05) is 24.3 Å². The molecule has 2 aromatic rings. The molecule has 5 rings (SSSR count). The Bertz CT molecular complexity index is 879. The van der Waals surface area contributed by atoms with E-state index in [0.717, 1.165) is 71.1 Å². The molecule has 2 aromatic carbocycles. The van der Waals surface area contributed by atoms with Gasteiger partial charge in [-0.05, 0) is 42.7 Å². The molecular formula is C24H30N4O2. The number of nitrogens with two attached hydrogens (primary N) is 1. The van der Waals surface area contributed by atoms with Crippen LogP contribution in [0.15, 0.2) is 48.5 Å². The second-order valence-electron chi connectivity index (χ2n) is 8.04. The number of hydrogen-bond acceptors (Lipinski definition) is 5. The first-order valence-electron chi connectivity index (χ1n) is 10.7. The Hall–Kier alpha value is -2.59. The highest BCUT2D eigenvalue weighted by Gasteiger charge is 2.40. The molecule has 0 radical (unpaired) electrons. The summed E-state index contributed by atoms with van der Waals surface area (Å²) in [7, 11) is 0. The molecule has 2 aliphatic heterocycles. The van der Waals surface area contributed by atoms with E-state index in [1.165, 1.54) is 11.3 Å². The highest BCUT2D eigenvalue weighted by Crippen LogP contribution is 2.43. The first-order chi connectivity index (χ1) is 14.7. The van der Waals surface area contributed by atoms with E-state index in [2.05, 4.69) is 38.9 Å². The van der Waals surface area contributed by atoms with Gasteiger partial charge in [0.15, 0.2) is 5.69 Å². The summed E-state index contributed by atoms with van der Waals surface area (Å²) in [5.74, 6) is 0. The van der Waals surface area contributed by atoms with Crippen LogP contribution in [0.5, 0.6) is 0 Å². The maximum Gasteiger partial charge on any atom is 0.189 e. The van der Waals surface area contributed by atoms with Crippen molar-refractivity contribution in [2.45, 2.75) is 18.4 Å². The van der Waals surface area contributed by atoms with Crippen LogP contribution in [0.3, 0.4) is 0 Å². The molecule has 1 aliphatic carbocycles. The van der Waals surface area contributed by atoms with Gasteiger partial charge >= 0.3 is 0 Å². The summed E-state index contributed by atoms with van der Waals surface area (Å²) >= 11 is 0. The largest absolute Gasteiger partial charge is 0.378 e. The third kappa shape index (κ3) is 5.11. The highest BCUT2D eigenvalue weighted by molar-refractivity contribution is 5.58. The predicted octanol–water partition coefficient (Wildman–Crippen LogP) is 3.54. The van der Waals surface area contributed by atoms with Gasteiger partial charge in [-0.15, -0.1) is 0 Å². The van der Waals surface area contributed by atoms with Crippen molar-refractivity contribution in [1.82, 2.24) is 0 Å². The first kappa shape index (κ1) is 20.7. The van der Waals surface area contributed by atoms with Crippen LogP contribution in [-0.2, 0) is 15.0 Å². The molecule has 0 spiro atoms. The van der Waals surface area contributed by atoms with Gasteiger partial charge in [0.2, 0.25) is 0 Å². The summed E-state index contributed by atoms with van der Waals surface area (Å²) in [6, 6.07) is 16.4. The molecule has 2 saturated heterocycles. The molecule has 0 atom stereocenters. The Morgan fingerprint density at radius 2 is 1.33 bits per heavy atom. The van der Waals surface area contributed by atoms with E-state index in [0.29, 0.717) is 5.69 Å². The minimum Gasteiger partial charge on any atom is -0.378 e. The van der Waals surface area contributed by atoms with Crippen LogP contribution < -0.4 is 15.5 Å². The smallest absolute Gasteiger partial charge is 0.189 e. The van der Waals surface area contributed by atoms with E-state index in [4.69, 9.17) is 21.8 Å². The van der Waals surface area contributed by atoms with Crippen LogP contribution in [0, 0.1) is 6.57 Å². The molecule has 30 heavy (non-hydrogen) atoms. The number of morpholine rings is 2. The third-order valence-electron chi connectivity index (χ3n) is 5.92. The number of benzene rings is 2.